The number of thiocarbonyl (C=S) groups is 1. The second kappa shape index (κ2) is 7.88. The standard InChI is InChI=1S/C14H23NO3S2/c1-10(14(16)17)9-12(13(19)15(2)3)20(18)11-7-5-4-6-8-11/h11-12H,1,4-9H2,2-3H3,(H,16,17)/t12-,20?/m0/s1. The van der Waals surface area contributed by atoms with Gasteiger partial charge in [0.2, 0.25) is 0 Å². The minimum absolute atomic E-state index is 0.0726. The van der Waals surface area contributed by atoms with Crippen molar-refractivity contribution in [3.05, 3.63) is 12.2 Å². The number of nitrogens with zero attached hydrogens (tertiary/aromatic N) is 1. The molecular weight excluding hydrogens is 294 g/mol. The van der Waals surface area contributed by atoms with Crippen molar-refractivity contribution in [1.29, 1.82) is 0 Å². The summed E-state index contributed by atoms with van der Waals surface area (Å²) in [5.74, 6) is -1.04. The van der Waals surface area contributed by atoms with Crippen molar-refractivity contribution in [2.75, 3.05) is 14.1 Å². The van der Waals surface area contributed by atoms with Crippen LogP contribution in [0.1, 0.15) is 38.5 Å². The molecule has 0 radical (unpaired) electrons. The van der Waals surface area contributed by atoms with Gasteiger partial charge in [0.25, 0.3) is 0 Å². The number of carboxylic acid groups (broad SMARTS) is 1. The first-order chi connectivity index (χ1) is 9.34. The summed E-state index contributed by atoms with van der Waals surface area (Å²) in [6.45, 7) is 3.55. The molecule has 0 aromatic carbocycles. The molecule has 0 saturated heterocycles. The fourth-order valence-electron chi connectivity index (χ4n) is 2.40. The number of aliphatic carboxylic acids is 1. The first kappa shape index (κ1) is 17.3. The van der Waals surface area contributed by atoms with Crippen LogP contribution in [-0.4, -0.2) is 49.8 Å². The zero-order valence-corrected chi connectivity index (χ0v) is 13.8. The van der Waals surface area contributed by atoms with Gasteiger partial charge in [-0.3, -0.25) is 4.21 Å². The van der Waals surface area contributed by atoms with E-state index >= 15 is 0 Å². The maximum atomic E-state index is 12.8. The van der Waals surface area contributed by atoms with Crippen LogP contribution in [0.15, 0.2) is 12.2 Å². The van der Waals surface area contributed by atoms with E-state index in [9.17, 15) is 9.00 Å². The van der Waals surface area contributed by atoms with Gasteiger partial charge in [-0.2, -0.15) is 0 Å². The highest BCUT2D eigenvalue weighted by molar-refractivity contribution is 7.90. The maximum Gasteiger partial charge on any atom is 0.331 e. The van der Waals surface area contributed by atoms with Crippen LogP contribution in [0, 0.1) is 0 Å². The second-order valence-electron chi connectivity index (χ2n) is 5.42. The number of hydrogen-bond donors (Lipinski definition) is 1. The quantitative estimate of drug-likeness (QED) is 0.602. The third-order valence-electron chi connectivity index (χ3n) is 3.61. The highest BCUT2D eigenvalue weighted by atomic mass is 32.2. The summed E-state index contributed by atoms with van der Waals surface area (Å²) in [6, 6.07) is 0. The Kier molecular flexibility index (Phi) is 6.82. The van der Waals surface area contributed by atoms with Crippen LogP contribution in [0.2, 0.25) is 0 Å². The van der Waals surface area contributed by atoms with Crippen LogP contribution in [0.4, 0.5) is 0 Å². The molecule has 4 nitrogen and oxygen atoms in total. The van der Waals surface area contributed by atoms with E-state index in [0.29, 0.717) is 4.99 Å². The Balaban J connectivity index is 2.85. The first-order valence-electron chi connectivity index (χ1n) is 6.86. The van der Waals surface area contributed by atoms with Crippen molar-refractivity contribution in [2.24, 2.45) is 0 Å². The number of hydrogen-bond acceptors (Lipinski definition) is 3. The van der Waals surface area contributed by atoms with E-state index in [1.54, 1.807) is 19.0 Å². The summed E-state index contributed by atoms with van der Waals surface area (Å²) in [6.07, 6.45) is 5.43. The van der Waals surface area contributed by atoms with Gasteiger partial charge in [0.05, 0.1) is 10.2 Å². The third kappa shape index (κ3) is 4.66. The fraction of sp³-hybridized carbons (Fsp3) is 0.714. The molecule has 1 fully saturated rings. The molecule has 1 N–H and O–H groups in total. The Hall–Kier alpha value is -0.750. The lowest BCUT2D eigenvalue weighted by molar-refractivity contribution is -0.132. The van der Waals surface area contributed by atoms with Gasteiger partial charge in [-0.1, -0.05) is 38.1 Å². The molecule has 20 heavy (non-hydrogen) atoms. The van der Waals surface area contributed by atoms with Crippen molar-refractivity contribution in [1.82, 2.24) is 4.90 Å². The van der Waals surface area contributed by atoms with Crippen LogP contribution in [-0.2, 0) is 15.6 Å². The Labute approximate surface area is 128 Å². The van der Waals surface area contributed by atoms with Gasteiger partial charge < -0.3 is 10.0 Å². The van der Waals surface area contributed by atoms with Crippen LogP contribution >= 0.6 is 12.2 Å². The third-order valence-corrected chi connectivity index (χ3v) is 6.49. The Morgan fingerprint density at radius 3 is 2.40 bits per heavy atom. The molecule has 0 amide bonds. The van der Waals surface area contributed by atoms with Crippen LogP contribution < -0.4 is 0 Å². The molecule has 1 aliphatic carbocycles. The van der Waals surface area contributed by atoms with Crippen molar-refractivity contribution in [3.63, 3.8) is 0 Å². The molecule has 0 spiro atoms. The van der Waals surface area contributed by atoms with Gasteiger partial charge in [0.1, 0.15) is 0 Å². The maximum absolute atomic E-state index is 12.8. The predicted octanol–water partition coefficient (Wildman–Crippen LogP) is 2.36. The van der Waals surface area contributed by atoms with Gasteiger partial charge in [-0.25, -0.2) is 4.79 Å². The van der Waals surface area contributed by atoms with E-state index in [0.717, 1.165) is 25.7 Å². The van der Waals surface area contributed by atoms with Crippen LogP contribution in [0.5, 0.6) is 0 Å². The largest absolute Gasteiger partial charge is 0.478 e. The zero-order valence-electron chi connectivity index (χ0n) is 12.1. The van der Waals surface area contributed by atoms with Gasteiger partial charge in [0, 0.05) is 35.7 Å². The summed E-state index contributed by atoms with van der Waals surface area (Å²) < 4.78 is 12.8. The smallest absolute Gasteiger partial charge is 0.331 e. The molecule has 114 valence electrons. The average molecular weight is 317 g/mol. The van der Waals surface area contributed by atoms with E-state index in [1.807, 2.05) is 0 Å². The molecule has 6 heteroatoms. The summed E-state index contributed by atoms with van der Waals surface area (Å²) in [4.78, 5) is 13.3. The summed E-state index contributed by atoms with van der Waals surface area (Å²) in [5, 5.41) is 8.70. The molecule has 0 bridgehead atoms. The highest BCUT2D eigenvalue weighted by Gasteiger charge is 2.31. The van der Waals surface area contributed by atoms with Gasteiger partial charge in [0.15, 0.2) is 0 Å². The molecule has 0 aliphatic heterocycles. The van der Waals surface area contributed by atoms with Gasteiger partial charge in [-0.05, 0) is 19.3 Å². The summed E-state index contributed by atoms with van der Waals surface area (Å²) in [7, 11) is 2.47. The molecule has 1 saturated carbocycles. The second-order valence-corrected chi connectivity index (χ2v) is 7.73. The lowest BCUT2D eigenvalue weighted by atomic mass is 10.0. The molecule has 1 rings (SSSR count). The van der Waals surface area contributed by atoms with E-state index in [4.69, 9.17) is 17.3 Å². The molecule has 0 heterocycles. The Morgan fingerprint density at radius 1 is 1.40 bits per heavy atom. The van der Waals surface area contributed by atoms with Gasteiger partial charge >= 0.3 is 5.97 Å². The average Bonchev–Trinajstić information content (AvgIpc) is 2.43. The van der Waals surface area contributed by atoms with Crippen LogP contribution in [0.25, 0.3) is 0 Å². The molecule has 2 atom stereocenters. The van der Waals surface area contributed by atoms with Crippen LogP contribution in [0.3, 0.4) is 0 Å². The highest BCUT2D eigenvalue weighted by Crippen LogP contribution is 2.26. The lowest BCUT2D eigenvalue weighted by Crippen LogP contribution is -2.40. The number of rotatable bonds is 6. The van der Waals surface area contributed by atoms with Crippen molar-refractivity contribution in [2.45, 2.75) is 49.0 Å². The minimum Gasteiger partial charge on any atom is -0.478 e. The predicted molar refractivity (Wildman–Crippen MR) is 86.5 cm³/mol. The molecular formula is C14H23NO3S2. The van der Waals surface area contributed by atoms with E-state index < -0.39 is 22.0 Å². The summed E-state index contributed by atoms with van der Waals surface area (Å²) in [5.41, 5.74) is 0.0726. The van der Waals surface area contributed by atoms with Crippen molar-refractivity contribution in [3.8, 4) is 0 Å². The summed E-state index contributed by atoms with van der Waals surface area (Å²) >= 11 is 5.35. The first-order valence-corrected chi connectivity index (χ1v) is 8.54. The van der Waals surface area contributed by atoms with E-state index in [-0.39, 0.29) is 17.2 Å². The number of carbonyl (C=O) groups is 1. The normalized spacial score (nSPS) is 19.1. The minimum atomic E-state index is -1.14. The van der Waals surface area contributed by atoms with E-state index in [1.165, 1.54) is 6.42 Å². The molecule has 1 aliphatic rings. The topological polar surface area (TPSA) is 57.6 Å². The zero-order chi connectivity index (χ0) is 15.3. The van der Waals surface area contributed by atoms with Crippen molar-refractivity contribution >= 4 is 34.0 Å². The number of carboxylic acids is 1. The molecule has 0 aromatic rings. The Morgan fingerprint density at radius 2 is 1.95 bits per heavy atom. The van der Waals surface area contributed by atoms with Crippen molar-refractivity contribution < 1.29 is 14.1 Å². The Bertz CT molecular complexity index is 415. The SMILES string of the molecule is C=C(C[C@@H](C(=S)N(C)C)S(=O)C1CCCCC1)C(=O)O. The van der Waals surface area contributed by atoms with Gasteiger partial charge in [-0.15, -0.1) is 0 Å². The lowest BCUT2D eigenvalue weighted by Gasteiger charge is -2.29. The monoisotopic (exact) mass is 317 g/mol. The molecule has 0 aromatic heterocycles. The fourth-order valence-corrected chi connectivity index (χ4v) is 4.80. The van der Waals surface area contributed by atoms with E-state index in [2.05, 4.69) is 6.58 Å². The molecule has 1 unspecified atom stereocenters.